The highest BCUT2D eigenvalue weighted by Crippen LogP contribution is 2.40. The Kier molecular flexibility index (Phi) is 5.57. The van der Waals surface area contributed by atoms with Crippen LogP contribution in [0.25, 0.3) is 0 Å². The summed E-state index contributed by atoms with van der Waals surface area (Å²) >= 11 is 9.21. The third-order valence-corrected chi connectivity index (χ3v) is 6.54. The van der Waals surface area contributed by atoms with Crippen molar-refractivity contribution in [1.82, 2.24) is 0 Å². The molecule has 116 valence electrons. The summed E-state index contributed by atoms with van der Waals surface area (Å²) in [7, 11) is 0. The second kappa shape index (κ2) is 7.24. The van der Waals surface area contributed by atoms with E-state index in [1.807, 2.05) is 17.8 Å². The standard InChI is InChI=1S/C16H20Br2O2S/c17-11-12-2-1-3-14(18)15(12)20-13-4-7-19-16(10-13)5-8-21-9-6-16/h1-3,13H,4-11H2. The molecule has 2 heterocycles. The summed E-state index contributed by atoms with van der Waals surface area (Å²) in [6, 6.07) is 6.21. The van der Waals surface area contributed by atoms with Crippen LogP contribution in [0.5, 0.6) is 5.75 Å². The molecule has 2 fully saturated rings. The number of para-hydroxylation sites is 1. The van der Waals surface area contributed by atoms with E-state index in [9.17, 15) is 0 Å². The van der Waals surface area contributed by atoms with Gasteiger partial charge in [0.15, 0.2) is 0 Å². The first kappa shape index (κ1) is 16.2. The van der Waals surface area contributed by atoms with Crippen molar-refractivity contribution in [3.05, 3.63) is 28.2 Å². The van der Waals surface area contributed by atoms with Crippen molar-refractivity contribution in [2.45, 2.75) is 42.7 Å². The molecule has 2 aliphatic rings. The molecule has 0 aliphatic carbocycles. The van der Waals surface area contributed by atoms with E-state index in [-0.39, 0.29) is 11.7 Å². The van der Waals surface area contributed by atoms with E-state index in [1.54, 1.807) is 0 Å². The number of hydrogen-bond donors (Lipinski definition) is 0. The number of thioether (sulfide) groups is 1. The zero-order valence-corrected chi connectivity index (χ0v) is 15.9. The van der Waals surface area contributed by atoms with E-state index < -0.39 is 0 Å². The van der Waals surface area contributed by atoms with E-state index in [1.165, 1.54) is 29.9 Å². The average molecular weight is 436 g/mol. The summed E-state index contributed by atoms with van der Waals surface area (Å²) < 4.78 is 13.6. The van der Waals surface area contributed by atoms with Gasteiger partial charge in [-0.05, 0) is 46.3 Å². The number of hydrogen-bond acceptors (Lipinski definition) is 3. The highest BCUT2D eigenvalue weighted by Gasteiger charge is 2.39. The SMILES string of the molecule is BrCc1cccc(Br)c1OC1CCOC2(CCSCC2)C1. The fraction of sp³-hybridized carbons (Fsp3) is 0.625. The Labute approximate surface area is 147 Å². The largest absolute Gasteiger partial charge is 0.489 e. The van der Waals surface area contributed by atoms with Gasteiger partial charge < -0.3 is 9.47 Å². The van der Waals surface area contributed by atoms with Crippen molar-refractivity contribution < 1.29 is 9.47 Å². The predicted molar refractivity (Wildman–Crippen MR) is 95.7 cm³/mol. The van der Waals surface area contributed by atoms with Crippen LogP contribution >= 0.6 is 43.6 Å². The second-order valence-corrected chi connectivity index (χ2v) is 8.38. The fourth-order valence-electron chi connectivity index (χ4n) is 3.13. The van der Waals surface area contributed by atoms with Crippen LogP contribution in [0.2, 0.25) is 0 Å². The molecule has 0 bridgehead atoms. The third kappa shape index (κ3) is 3.80. The van der Waals surface area contributed by atoms with E-state index >= 15 is 0 Å². The van der Waals surface area contributed by atoms with Gasteiger partial charge >= 0.3 is 0 Å². The van der Waals surface area contributed by atoms with E-state index in [0.717, 1.165) is 35.0 Å². The average Bonchev–Trinajstić information content (AvgIpc) is 2.50. The van der Waals surface area contributed by atoms with Crippen LogP contribution in [0.4, 0.5) is 0 Å². The molecule has 1 atom stereocenters. The van der Waals surface area contributed by atoms with Crippen molar-refractivity contribution in [1.29, 1.82) is 0 Å². The minimum absolute atomic E-state index is 0.0734. The van der Waals surface area contributed by atoms with E-state index in [0.29, 0.717) is 0 Å². The molecule has 1 spiro atoms. The lowest BCUT2D eigenvalue weighted by molar-refractivity contribution is -0.116. The minimum Gasteiger partial charge on any atom is -0.489 e. The molecule has 0 N–H and O–H groups in total. The van der Waals surface area contributed by atoms with Gasteiger partial charge in [-0.3, -0.25) is 0 Å². The molecule has 21 heavy (non-hydrogen) atoms. The number of alkyl halides is 1. The molecular formula is C16H20Br2O2S. The van der Waals surface area contributed by atoms with Gasteiger partial charge in [-0.25, -0.2) is 0 Å². The van der Waals surface area contributed by atoms with Gasteiger partial charge in [0.25, 0.3) is 0 Å². The Bertz CT molecular complexity index is 484. The van der Waals surface area contributed by atoms with Crippen LogP contribution in [0.15, 0.2) is 22.7 Å². The van der Waals surface area contributed by atoms with Gasteiger partial charge in [0.1, 0.15) is 11.9 Å². The third-order valence-electron chi connectivity index (χ3n) is 4.33. The monoisotopic (exact) mass is 434 g/mol. The minimum atomic E-state index is 0.0734. The van der Waals surface area contributed by atoms with Crippen LogP contribution in [-0.2, 0) is 10.1 Å². The number of rotatable bonds is 3. The molecule has 5 heteroatoms. The van der Waals surface area contributed by atoms with E-state index in [4.69, 9.17) is 9.47 Å². The lowest BCUT2D eigenvalue weighted by Gasteiger charge is -2.43. The second-order valence-electron chi connectivity index (χ2n) is 5.74. The Hall–Kier alpha value is 0.290. The zero-order valence-electron chi connectivity index (χ0n) is 11.9. The topological polar surface area (TPSA) is 18.5 Å². The van der Waals surface area contributed by atoms with Crippen LogP contribution in [0, 0.1) is 0 Å². The van der Waals surface area contributed by atoms with Crippen molar-refractivity contribution >= 4 is 43.6 Å². The predicted octanol–water partition coefficient (Wildman–Crippen LogP) is 5.17. The Morgan fingerprint density at radius 2 is 2.14 bits per heavy atom. The molecule has 2 saturated heterocycles. The Morgan fingerprint density at radius 1 is 1.33 bits per heavy atom. The maximum Gasteiger partial charge on any atom is 0.137 e. The molecule has 3 rings (SSSR count). The molecule has 1 aromatic carbocycles. The van der Waals surface area contributed by atoms with Gasteiger partial charge in [0.05, 0.1) is 16.7 Å². The first-order valence-corrected chi connectivity index (χ1v) is 10.5. The quantitative estimate of drug-likeness (QED) is 0.610. The first-order chi connectivity index (χ1) is 10.2. The fourth-order valence-corrected chi connectivity index (χ4v) is 5.31. The highest BCUT2D eigenvalue weighted by molar-refractivity contribution is 9.10. The van der Waals surface area contributed by atoms with Crippen molar-refractivity contribution in [2.75, 3.05) is 18.1 Å². The zero-order chi connectivity index (χ0) is 14.7. The van der Waals surface area contributed by atoms with Crippen molar-refractivity contribution in [3.63, 3.8) is 0 Å². The molecule has 2 nitrogen and oxygen atoms in total. The summed E-state index contributed by atoms with van der Waals surface area (Å²) in [6.07, 6.45) is 4.60. The lowest BCUT2D eigenvalue weighted by Crippen LogP contribution is -2.46. The van der Waals surface area contributed by atoms with Crippen LogP contribution < -0.4 is 4.74 Å². The van der Waals surface area contributed by atoms with Crippen LogP contribution in [0.3, 0.4) is 0 Å². The van der Waals surface area contributed by atoms with Crippen molar-refractivity contribution in [2.24, 2.45) is 0 Å². The molecule has 1 unspecified atom stereocenters. The van der Waals surface area contributed by atoms with Gasteiger partial charge in [-0.15, -0.1) is 0 Å². The van der Waals surface area contributed by atoms with E-state index in [2.05, 4.69) is 44.0 Å². The summed E-state index contributed by atoms with van der Waals surface area (Å²) in [4.78, 5) is 0. The molecule has 2 aliphatic heterocycles. The first-order valence-electron chi connectivity index (χ1n) is 7.44. The highest BCUT2D eigenvalue weighted by atomic mass is 79.9. The smallest absolute Gasteiger partial charge is 0.137 e. The van der Waals surface area contributed by atoms with Crippen LogP contribution in [-0.4, -0.2) is 29.8 Å². The Balaban J connectivity index is 1.73. The van der Waals surface area contributed by atoms with Gasteiger partial charge in [-0.2, -0.15) is 11.8 Å². The molecule has 1 aromatic rings. The normalized spacial score (nSPS) is 25.0. The molecule has 0 aromatic heterocycles. The number of ether oxygens (including phenoxy) is 2. The van der Waals surface area contributed by atoms with Gasteiger partial charge in [-0.1, -0.05) is 28.1 Å². The summed E-state index contributed by atoms with van der Waals surface area (Å²) in [5.41, 5.74) is 1.27. The molecule has 0 radical (unpaired) electrons. The van der Waals surface area contributed by atoms with Gasteiger partial charge in [0.2, 0.25) is 0 Å². The summed E-state index contributed by atoms with van der Waals surface area (Å²) in [5.74, 6) is 3.42. The lowest BCUT2D eigenvalue weighted by atomic mass is 9.86. The van der Waals surface area contributed by atoms with Gasteiger partial charge in [0, 0.05) is 23.7 Å². The summed E-state index contributed by atoms with van der Waals surface area (Å²) in [5, 5.41) is 0.812. The number of halogens is 2. The molecule has 0 amide bonds. The maximum atomic E-state index is 6.37. The molecular weight excluding hydrogens is 416 g/mol. The summed E-state index contributed by atoms with van der Waals surface area (Å²) in [6.45, 7) is 0.823. The Morgan fingerprint density at radius 3 is 2.90 bits per heavy atom. The molecule has 0 saturated carbocycles. The van der Waals surface area contributed by atoms with Crippen LogP contribution in [0.1, 0.15) is 31.2 Å². The van der Waals surface area contributed by atoms with Crippen molar-refractivity contribution in [3.8, 4) is 5.75 Å². The maximum absolute atomic E-state index is 6.37. The number of benzene rings is 1.